The van der Waals surface area contributed by atoms with E-state index in [1.165, 1.54) is 6.07 Å². The average Bonchev–Trinajstić information content (AvgIpc) is 2.89. The topological polar surface area (TPSA) is 109 Å². The van der Waals surface area contributed by atoms with Crippen molar-refractivity contribution in [2.45, 2.75) is 42.5 Å². The van der Waals surface area contributed by atoms with Crippen molar-refractivity contribution in [2.75, 3.05) is 12.3 Å². The normalized spacial score (nSPS) is 16.2. The van der Waals surface area contributed by atoms with Gasteiger partial charge in [0.05, 0.1) is 17.4 Å². The molecule has 6 nitrogen and oxygen atoms in total. The molecular weight excluding hydrogens is 312 g/mol. The molecule has 0 aliphatic heterocycles. The van der Waals surface area contributed by atoms with Crippen molar-refractivity contribution in [3.63, 3.8) is 0 Å². The van der Waals surface area contributed by atoms with Gasteiger partial charge in [-0.3, -0.25) is 4.79 Å². The molecule has 0 fully saturated rings. The Balaban J connectivity index is 2.52. The van der Waals surface area contributed by atoms with Crippen molar-refractivity contribution in [2.24, 2.45) is 5.73 Å². The fourth-order valence-electron chi connectivity index (χ4n) is 1.88. The number of amides is 1. The van der Waals surface area contributed by atoms with Crippen LogP contribution in [0.5, 0.6) is 0 Å². The molecule has 8 heteroatoms. The lowest BCUT2D eigenvalue weighted by atomic mass is 9.96. The summed E-state index contributed by atoms with van der Waals surface area (Å²) in [6.45, 7) is 3.39. The molecule has 120 valence electrons. The zero-order valence-electron chi connectivity index (χ0n) is 12.2. The van der Waals surface area contributed by atoms with E-state index in [4.69, 9.17) is 5.73 Å². The van der Waals surface area contributed by atoms with Crippen LogP contribution in [0.4, 0.5) is 0 Å². The smallest absolute Gasteiger partial charge is 0.239 e. The molecule has 0 aromatic carbocycles. The van der Waals surface area contributed by atoms with Crippen molar-refractivity contribution < 1.29 is 18.3 Å². The predicted molar refractivity (Wildman–Crippen MR) is 82.9 cm³/mol. The highest BCUT2D eigenvalue weighted by molar-refractivity contribution is 7.93. The molecule has 0 saturated heterocycles. The zero-order valence-corrected chi connectivity index (χ0v) is 13.8. The maximum absolute atomic E-state index is 12.0. The third-order valence-corrected chi connectivity index (χ3v) is 6.28. The Labute approximate surface area is 129 Å². The van der Waals surface area contributed by atoms with Gasteiger partial charge in [-0.25, -0.2) is 8.42 Å². The first kappa shape index (κ1) is 18.1. The van der Waals surface area contributed by atoms with Gasteiger partial charge in [0.1, 0.15) is 4.21 Å². The monoisotopic (exact) mass is 334 g/mol. The van der Waals surface area contributed by atoms with Crippen molar-refractivity contribution in [3.8, 4) is 0 Å². The molecule has 0 bridgehead atoms. The number of nitrogens with one attached hydrogen (secondary N) is 1. The Kier molecular flexibility index (Phi) is 6.33. The molecule has 0 saturated carbocycles. The van der Waals surface area contributed by atoms with Crippen LogP contribution in [0.25, 0.3) is 0 Å². The predicted octanol–water partition coefficient (Wildman–Crippen LogP) is 0.516. The van der Waals surface area contributed by atoms with Crippen molar-refractivity contribution in [1.29, 1.82) is 0 Å². The number of carbonyl (C=O) groups is 1. The van der Waals surface area contributed by atoms with Gasteiger partial charge in [-0.15, -0.1) is 11.3 Å². The average molecular weight is 334 g/mol. The minimum Gasteiger partial charge on any atom is -0.390 e. The van der Waals surface area contributed by atoms with Crippen molar-refractivity contribution in [3.05, 3.63) is 17.5 Å². The minimum atomic E-state index is -3.52. The highest BCUT2D eigenvalue weighted by Gasteiger charge is 2.28. The molecule has 1 amide bonds. The highest BCUT2D eigenvalue weighted by atomic mass is 32.2. The molecule has 2 atom stereocenters. The molecule has 1 heterocycles. The number of sulfone groups is 1. The van der Waals surface area contributed by atoms with E-state index in [0.29, 0.717) is 6.42 Å². The highest BCUT2D eigenvalue weighted by Crippen LogP contribution is 2.18. The van der Waals surface area contributed by atoms with Crippen molar-refractivity contribution >= 4 is 27.1 Å². The molecule has 0 radical (unpaired) electrons. The quantitative estimate of drug-likeness (QED) is 0.642. The lowest BCUT2D eigenvalue weighted by Crippen LogP contribution is -2.53. The lowest BCUT2D eigenvalue weighted by Gasteiger charge is -2.23. The van der Waals surface area contributed by atoms with Crippen LogP contribution in [0, 0.1) is 0 Å². The molecule has 1 rings (SSSR count). The van der Waals surface area contributed by atoms with Gasteiger partial charge >= 0.3 is 0 Å². The number of hydrogen-bond donors (Lipinski definition) is 3. The first-order valence-electron chi connectivity index (χ1n) is 6.70. The Morgan fingerprint density at radius 2 is 2.24 bits per heavy atom. The van der Waals surface area contributed by atoms with Gasteiger partial charge in [0.2, 0.25) is 5.91 Å². The summed E-state index contributed by atoms with van der Waals surface area (Å²) < 4.78 is 24.1. The molecule has 0 aliphatic rings. The van der Waals surface area contributed by atoms with Gasteiger partial charge < -0.3 is 16.2 Å². The van der Waals surface area contributed by atoms with E-state index in [2.05, 4.69) is 5.32 Å². The number of rotatable bonds is 8. The summed E-state index contributed by atoms with van der Waals surface area (Å²) in [5, 5.41) is 14.0. The Morgan fingerprint density at radius 3 is 2.76 bits per heavy atom. The summed E-state index contributed by atoms with van der Waals surface area (Å²) >= 11 is 1.10. The van der Waals surface area contributed by atoms with Crippen LogP contribution in [0.3, 0.4) is 0 Å². The fourth-order valence-corrected chi connectivity index (χ4v) is 4.36. The van der Waals surface area contributed by atoms with Crippen LogP contribution >= 0.6 is 11.3 Å². The second kappa shape index (κ2) is 7.35. The van der Waals surface area contributed by atoms with Crippen LogP contribution in [-0.4, -0.2) is 43.4 Å². The number of nitrogens with two attached hydrogens (primary N) is 1. The van der Waals surface area contributed by atoms with E-state index in [-0.39, 0.29) is 10.8 Å². The minimum absolute atomic E-state index is 0.139. The third-order valence-electron chi connectivity index (χ3n) is 3.00. The van der Waals surface area contributed by atoms with E-state index in [1.54, 1.807) is 18.4 Å². The second-order valence-corrected chi connectivity index (χ2v) is 8.45. The molecule has 2 unspecified atom stereocenters. The van der Waals surface area contributed by atoms with E-state index in [9.17, 15) is 18.3 Å². The number of thiophene rings is 1. The molecule has 1 aromatic heterocycles. The van der Waals surface area contributed by atoms with Gasteiger partial charge in [0.25, 0.3) is 0 Å². The Hall–Kier alpha value is -0.960. The maximum Gasteiger partial charge on any atom is 0.239 e. The molecule has 21 heavy (non-hydrogen) atoms. The van der Waals surface area contributed by atoms with E-state index in [0.717, 1.165) is 17.8 Å². The SMILES string of the molecule is CCCC(C)(N)C(=O)NCC(O)CS(=O)(=O)c1cccs1. The summed E-state index contributed by atoms with van der Waals surface area (Å²) in [5.74, 6) is -0.819. The summed E-state index contributed by atoms with van der Waals surface area (Å²) in [6.07, 6.45) is 0.108. The summed E-state index contributed by atoms with van der Waals surface area (Å²) in [7, 11) is -3.52. The summed E-state index contributed by atoms with van der Waals surface area (Å²) in [6, 6.07) is 3.12. The first-order valence-corrected chi connectivity index (χ1v) is 9.23. The molecule has 0 spiro atoms. The summed E-state index contributed by atoms with van der Waals surface area (Å²) in [4.78, 5) is 11.9. The molecule has 4 N–H and O–H groups in total. The number of aliphatic hydroxyl groups excluding tert-OH is 1. The van der Waals surface area contributed by atoms with Gasteiger partial charge in [-0.2, -0.15) is 0 Å². The fraction of sp³-hybridized carbons (Fsp3) is 0.615. The van der Waals surface area contributed by atoms with Gasteiger partial charge in [-0.05, 0) is 24.8 Å². The number of aliphatic hydroxyl groups is 1. The zero-order chi connectivity index (χ0) is 16.1. The van der Waals surface area contributed by atoms with E-state index < -0.39 is 33.1 Å². The summed E-state index contributed by atoms with van der Waals surface area (Å²) in [5.41, 5.74) is 4.84. The van der Waals surface area contributed by atoms with Gasteiger partial charge in [0.15, 0.2) is 9.84 Å². The first-order chi connectivity index (χ1) is 9.69. The Morgan fingerprint density at radius 1 is 1.57 bits per heavy atom. The largest absolute Gasteiger partial charge is 0.390 e. The van der Waals surface area contributed by atoms with Crippen LogP contribution in [-0.2, 0) is 14.6 Å². The van der Waals surface area contributed by atoms with Crippen LogP contribution in [0.2, 0.25) is 0 Å². The van der Waals surface area contributed by atoms with Crippen LogP contribution in [0.1, 0.15) is 26.7 Å². The second-order valence-electron chi connectivity index (χ2n) is 5.24. The molecular formula is C13H22N2O4S2. The maximum atomic E-state index is 12.0. The lowest BCUT2D eigenvalue weighted by molar-refractivity contribution is -0.126. The van der Waals surface area contributed by atoms with Crippen LogP contribution < -0.4 is 11.1 Å². The number of hydrogen-bond acceptors (Lipinski definition) is 6. The van der Waals surface area contributed by atoms with E-state index in [1.807, 2.05) is 6.92 Å². The van der Waals surface area contributed by atoms with Gasteiger partial charge in [-0.1, -0.05) is 19.4 Å². The Bertz CT molecular complexity index is 553. The third kappa shape index (κ3) is 5.39. The van der Waals surface area contributed by atoms with Crippen molar-refractivity contribution in [1.82, 2.24) is 5.32 Å². The molecule has 1 aromatic rings. The van der Waals surface area contributed by atoms with E-state index >= 15 is 0 Å². The molecule has 0 aliphatic carbocycles. The van der Waals surface area contributed by atoms with Crippen LogP contribution in [0.15, 0.2) is 21.7 Å². The van der Waals surface area contributed by atoms with Gasteiger partial charge in [0, 0.05) is 6.54 Å². The standard InChI is InChI=1S/C13H22N2O4S2/c1-3-6-13(2,14)12(17)15-8-10(16)9-21(18,19)11-5-4-7-20-11/h4-5,7,10,16H,3,6,8-9,14H2,1-2H3,(H,15,17). The number of carbonyl (C=O) groups excluding carboxylic acids is 1.